The van der Waals surface area contributed by atoms with Crippen molar-refractivity contribution in [3.05, 3.63) is 48.6 Å². The first kappa shape index (κ1) is 12.1. The van der Waals surface area contributed by atoms with Crippen molar-refractivity contribution in [1.82, 2.24) is 0 Å². The van der Waals surface area contributed by atoms with Crippen LogP contribution in [-0.2, 0) is 10.2 Å². The van der Waals surface area contributed by atoms with Crippen molar-refractivity contribution in [2.75, 3.05) is 0 Å². The van der Waals surface area contributed by atoms with Crippen LogP contribution in [0.5, 0.6) is 0 Å². The molecular weight excluding hydrogens is 208 g/mol. The maximum Gasteiger partial charge on any atom is 0.143 e. The van der Waals surface area contributed by atoms with Gasteiger partial charge in [-0.1, -0.05) is 49.2 Å². The second kappa shape index (κ2) is 5.31. The van der Waals surface area contributed by atoms with Gasteiger partial charge < -0.3 is 0 Å². The van der Waals surface area contributed by atoms with E-state index in [-0.39, 0.29) is 5.41 Å². The number of ketones is 1. The van der Waals surface area contributed by atoms with Crippen molar-refractivity contribution < 1.29 is 4.79 Å². The molecule has 0 amide bonds. The molecule has 1 fully saturated rings. The van der Waals surface area contributed by atoms with E-state index in [9.17, 15) is 4.79 Å². The monoisotopic (exact) mass is 228 g/mol. The molecule has 0 heterocycles. The van der Waals surface area contributed by atoms with Crippen LogP contribution in [-0.4, -0.2) is 5.78 Å². The fraction of sp³-hybridized carbons (Fsp3) is 0.438. The van der Waals surface area contributed by atoms with E-state index < -0.39 is 0 Å². The molecule has 0 unspecified atom stereocenters. The topological polar surface area (TPSA) is 17.1 Å². The van der Waals surface area contributed by atoms with Crippen molar-refractivity contribution >= 4 is 5.78 Å². The zero-order valence-electron chi connectivity index (χ0n) is 10.3. The first-order valence-electron chi connectivity index (χ1n) is 6.49. The Balaban J connectivity index is 2.43. The number of hydrogen-bond acceptors (Lipinski definition) is 1. The lowest BCUT2D eigenvalue weighted by Crippen LogP contribution is -2.34. The molecule has 1 aliphatic rings. The lowest BCUT2D eigenvalue weighted by atomic mass is 9.71. The van der Waals surface area contributed by atoms with E-state index in [2.05, 4.69) is 18.7 Å². The number of benzene rings is 1. The predicted molar refractivity (Wildman–Crippen MR) is 71.0 cm³/mol. The zero-order chi connectivity index (χ0) is 12.1. The normalized spacial score (nSPS) is 25.3. The van der Waals surface area contributed by atoms with E-state index in [0.717, 1.165) is 32.1 Å². The minimum atomic E-state index is -0.292. The summed E-state index contributed by atoms with van der Waals surface area (Å²) in [6.45, 7) is 3.84. The van der Waals surface area contributed by atoms with Crippen LogP contribution >= 0.6 is 0 Å². The van der Waals surface area contributed by atoms with Gasteiger partial charge in [-0.15, -0.1) is 6.58 Å². The maximum atomic E-state index is 12.5. The van der Waals surface area contributed by atoms with Gasteiger partial charge >= 0.3 is 0 Å². The van der Waals surface area contributed by atoms with Crippen LogP contribution < -0.4 is 0 Å². The molecule has 0 aromatic heterocycles. The lowest BCUT2D eigenvalue weighted by molar-refractivity contribution is -0.124. The average molecular weight is 228 g/mol. The van der Waals surface area contributed by atoms with Gasteiger partial charge in [-0.05, 0) is 24.8 Å². The Morgan fingerprint density at radius 3 is 2.65 bits per heavy atom. The minimum Gasteiger partial charge on any atom is -0.299 e. The quantitative estimate of drug-likeness (QED) is 0.564. The van der Waals surface area contributed by atoms with E-state index in [1.807, 2.05) is 24.3 Å². The van der Waals surface area contributed by atoms with Gasteiger partial charge in [0.2, 0.25) is 0 Å². The maximum absolute atomic E-state index is 12.5. The Hall–Kier alpha value is -1.37. The highest BCUT2D eigenvalue weighted by Gasteiger charge is 2.38. The number of carbonyl (C=O) groups is 1. The summed E-state index contributed by atoms with van der Waals surface area (Å²) in [5.41, 5.74) is 0.881. The minimum absolute atomic E-state index is 0.292. The Labute approximate surface area is 104 Å². The lowest BCUT2D eigenvalue weighted by Gasteiger charge is -2.30. The third kappa shape index (κ3) is 2.33. The Bertz CT molecular complexity index is 393. The summed E-state index contributed by atoms with van der Waals surface area (Å²) in [5.74, 6) is 0.404. The van der Waals surface area contributed by atoms with Crippen LogP contribution in [0.1, 0.15) is 44.1 Å². The molecule has 1 aliphatic carbocycles. The molecule has 0 spiro atoms. The molecule has 2 rings (SSSR count). The van der Waals surface area contributed by atoms with Gasteiger partial charge in [-0.2, -0.15) is 0 Å². The standard InChI is InChI=1S/C16H20O/c1-2-12-16(14-9-5-3-6-10-14)13-8-4-7-11-15(16)17/h2-3,5-6,9-10H,1,4,7-8,11-13H2/t16-/m0/s1. The molecule has 0 radical (unpaired) electrons. The van der Waals surface area contributed by atoms with Crippen LogP contribution in [0.25, 0.3) is 0 Å². The molecule has 0 aliphatic heterocycles. The highest BCUT2D eigenvalue weighted by Crippen LogP contribution is 2.38. The first-order valence-corrected chi connectivity index (χ1v) is 6.49. The number of allylic oxidation sites excluding steroid dienone is 1. The average Bonchev–Trinajstić information content (AvgIpc) is 2.55. The van der Waals surface area contributed by atoms with Crippen molar-refractivity contribution in [3.8, 4) is 0 Å². The van der Waals surface area contributed by atoms with E-state index in [0.29, 0.717) is 5.78 Å². The van der Waals surface area contributed by atoms with Crippen molar-refractivity contribution in [2.45, 2.75) is 43.9 Å². The van der Waals surface area contributed by atoms with Gasteiger partial charge in [-0.3, -0.25) is 4.79 Å². The van der Waals surface area contributed by atoms with Gasteiger partial charge in [-0.25, -0.2) is 0 Å². The smallest absolute Gasteiger partial charge is 0.143 e. The Morgan fingerprint density at radius 1 is 1.18 bits per heavy atom. The van der Waals surface area contributed by atoms with Crippen molar-refractivity contribution in [1.29, 1.82) is 0 Å². The highest BCUT2D eigenvalue weighted by molar-refractivity contribution is 5.90. The van der Waals surface area contributed by atoms with E-state index in [1.165, 1.54) is 12.0 Å². The van der Waals surface area contributed by atoms with Gasteiger partial charge in [0.15, 0.2) is 0 Å². The largest absolute Gasteiger partial charge is 0.299 e. The summed E-state index contributed by atoms with van der Waals surface area (Å²) >= 11 is 0. The van der Waals surface area contributed by atoms with Gasteiger partial charge in [0.1, 0.15) is 5.78 Å². The second-order valence-corrected chi connectivity index (χ2v) is 4.92. The molecule has 1 saturated carbocycles. The fourth-order valence-electron chi connectivity index (χ4n) is 2.91. The Morgan fingerprint density at radius 2 is 1.94 bits per heavy atom. The molecular formula is C16H20O. The zero-order valence-corrected chi connectivity index (χ0v) is 10.3. The van der Waals surface area contributed by atoms with Gasteiger partial charge in [0.25, 0.3) is 0 Å². The summed E-state index contributed by atoms with van der Waals surface area (Å²) in [4.78, 5) is 12.5. The molecule has 1 aromatic carbocycles. The number of hydrogen-bond donors (Lipinski definition) is 0. The molecule has 0 bridgehead atoms. The van der Waals surface area contributed by atoms with Crippen LogP contribution in [0.4, 0.5) is 0 Å². The molecule has 0 N–H and O–H groups in total. The highest BCUT2D eigenvalue weighted by atomic mass is 16.1. The molecule has 1 atom stereocenters. The SMILES string of the molecule is C=CC[C@@]1(c2ccccc2)CCCCCC1=O. The number of Topliss-reactive ketones (excluding diaryl/α,β-unsaturated/α-hetero) is 1. The summed E-state index contributed by atoms with van der Waals surface area (Å²) in [5, 5.41) is 0. The summed E-state index contributed by atoms with van der Waals surface area (Å²) < 4.78 is 0. The van der Waals surface area contributed by atoms with Gasteiger partial charge in [0, 0.05) is 6.42 Å². The predicted octanol–water partition coefficient (Wildman–Crippen LogP) is 4.03. The van der Waals surface area contributed by atoms with Crippen molar-refractivity contribution in [2.24, 2.45) is 0 Å². The van der Waals surface area contributed by atoms with Crippen LogP contribution in [0.15, 0.2) is 43.0 Å². The van der Waals surface area contributed by atoms with Crippen LogP contribution in [0, 0.1) is 0 Å². The Kier molecular flexibility index (Phi) is 3.78. The fourth-order valence-corrected chi connectivity index (χ4v) is 2.91. The van der Waals surface area contributed by atoms with Crippen LogP contribution in [0.3, 0.4) is 0 Å². The molecule has 90 valence electrons. The molecule has 1 nitrogen and oxygen atoms in total. The molecule has 0 saturated heterocycles. The molecule has 1 aromatic rings. The third-order valence-corrected chi connectivity index (χ3v) is 3.86. The van der Waals surface area contributed by atoms with Gasteiger partial charge in [0.05, 0.1) is 5.41 Å². The van der Waals surface area contributed by atoms with E-state index in [4.69, 9.17) is 0 Å². The summed E-state index contributed by atoms with van der Waals surface area (Å²) in [6, 6.07) is 10.2. The number of carbonyl (C=O) groups excluding carboxylic acids is 1. The number of rotatable bonds is 3. The van der Waals surface area contributed by atoms with E-state index >= 15 is 0 Å². The van der Waals surface area contributed by atoms with Crippen LogP contribution in [0.2, 0.25) is 0 Å². The molecule has 17 heavy (non-hydrogen) atoms. The first-order chi connectivity index (χ1) is 8.29. The molecule has 1 heteroatoms. The second-order valence-electron chi connectivity index (χ2n) is 4.92. The summed E-state index contributed by atoms with van der Waals surface area (Å²) in [6.07, 6.45) is 7.74. The third-order valence-electron chi connectivity index (χ3n) is 3.86. The van der Waals surface area contributed by atoms with E-state index in [1.54, 1.807) is 0 Å². The summed E-state index contributed by atoms with van der Waals surface area (Å²) in [7, 11) is 0. The van der Waals surface area contributed by atoms with Crippen molar-refractivity contribution in [3.63, 3.8) is 0 Å².